The molecule has 2 aromatic heterocycles. The van der Waals surface area contributed by atoms with Gasteiger partial charge in [-0.05, 0) is 13.8 Å². The predicted octanol–water partition coefficient (Wildman–Crippen LogP) is 1.54. The third kappa shape index (κ3) is 3.02. The van der Waals surface area contributed by atoms with E-state index in [4.69, 9.17) is 11.6 Å². The van der Waals surface area contributed by atoms with Gasteiger partial charge in [-0.15, -0.1) is 0 Å². The van der Waals surface area contributed by atoms with Crippen LogP contribution < -0.4 is 0 Å². The highest BCUT2D eigenvalue weighted by molar-refractivity contribution is 6.33. The molecule has 0 atom stereocenters. The zero-order chi connectivity index (χ0) is 15.0. The van der Waals surface area contributed by atoms with Gasteiger partial charge < -0.3 is 0 Å². The number of hydrogen-bond acceptors (Lipinski definition) is 5. The van der Waals surface area contributed by atoms with Crippen molar-refractivity contribution < 1.29 is 0 Å². The maximum atomic E-state index is 6.23. The molecule has 0 N–H and O–H groups in total. The van der Waals surface area contributed by atoms with E-state index in [0.29, 0.717) is 11.2 Å². The Labute approximate surface area is 129 Å². The lowest BCUT2D eigenvalue weighted by atomic mass is 10.2. The van der Waals surface area contributed by atoms with Gasteiger partial charge in [0.05, 0.1) is 18.1 Å². The standard InChI is InChI=1S/C14H21ClN6/c1-10(2)21-6-4-20(5-7-21)9-12-17-13(15)11-8-16-19(3)14(11)18-12/h8,10H,4-7,9H2,1-3H3. The minimum absolute atomic E-state index is 0.490. The van der Waals surface area contributed by atoms with Gasteiger partial charge in [0.2, 0.25) is 0 Å². The fourth-order valence-corrected chi connectivity index (χ4v) is 2.97. The fourth-order valence-electron chi connectivity index (χ4n) is 2.74. The molecule has 0 unspecified atom stereocenters. The number of aromatic nitrogens is 4. The molecule has 114 valence electrons. The third-order valence-corrected chi connectivity index (χ3v) is 4.38. The van der Waals surface area contributed by atoms with Crippen molar-refractivity contribution in [1.82, 2.24) is 29.5 Å². The average Bonchev–Trinajstić information content (AvgIpc) is 2.82. The predicted molar refractivity (Wildman–Crippen MR) is 83.3 cm³/mol. The normalized spacial score (nSPS) is 18.0. The van der Waals surface area contributed by atoms with Crippen LogP contribution in [0, 0.1) is 0 Å². The van der Waals surface area contributed by atoms with E-state index in [1.165, 1.54) is 0 Å². The van der Waals surface area contributed by atoms with Gasteiger partial charge in [-0.2, -0.15) is 5.10 Å². The van der Waals surface area contributed by atoms with Gasteiger partial charge in [0, 0.05) is 39.3 Å². The smallest absolute Gasteiger partial charge is 0.162 e. The highest BCUT2D eigenvalue weighted by Crippen LogP contribution is 2.20. The van der Waals surface area contributed by atoms with Crippen molar-refractivity contribution in [3.63, 3.8) is 0 Å². The SMILES string of the molecule is CC(C)N1CCN(Cc2nc(Cl)c3cnn(C)c3n2)CC1. The number of nitrogens with zero attached hydrogens (tertiary/aromatic N) is 6. The average molecular weight is 309 g/mol. The molecule has 7 heteroatoms. The van der Waals surface area contributed by atoms with Gasteiger partial charge in [0.25, 0.3) is 0 Å². The van der Waals surface area contributed by atoms with Gasteiger partial charge in [-0.3, -0.25) is 14.5 Å². The monoisotopic (exact) mass is 308 g/mol. The summed E-state index contributed by atoms with van der Waals surface area (Å²) in [5, 5.41) is 5.49. The molecule has 0 radical (unpaired) electrons. The minimum Gasteiger partial charge on any atom is -0.298 e. The largest absolute Gasteiger partial charge is 0.298 e. The lowest BCUT2D eigenvalue weighted by Gasteiger charge is -2.36. The first-order valence-electron chi connectivity index (χ1n) is 7.35. The Bertz CT molecular complexity index is 630. The molecule has 0 amide bonds. The summed E-state index contributed by atoms with van der Waals surface area (Å²) in [6.07, 6.45) is 1.71. The van der Waals surface area contributed by atoms with E-state index >= 15 is 0 Å². The maximum absolute atomic E-state index is 6.23. The molecule has 0 aliphatic carbocycles. The highest BCUT2D eigenvalue weighted by atomic mass is 35.5. The molecule has 2 aromatic rings. The molecule has 21 heavy (non-hydrogen) atoms. The number of hydrogen-bond donors (Lipinski definition) is 0. The van der Waals surface area contributed by atoms with E-state index in [1.54, 1.807) is 10.9 Å². The summed E-state index contributed by atoms with van der Waals surface area (Å²) in [7, 11) is 1.87. The molecule has 0 bridgehead atoms. The van der Waals surface area contributed by atoms with Gasteiger partial charge >= 0.3 is 0 Å². The number of piperazine rings is 1. The third-order valence-electron chi connectivity index (χ3n) is 4.09. The minimum atomic E-state index is 0.490. The van der Waals surface area contributed by atoms with Gasteiger partial charge in [0.1, 0.15) is 11.0 Å². The van der Waals surface area contributed by atoms with Crippen LogP contribution in [-0.4, -0.2) is 61.8 Å². The Hall–Kier alpha value is -1.24. The number of aryl methyl sites for hydroxylation is 1. The highest BCUT2D eigenvalue weighted by Gasteiger charge is 2.20. The first-order valence-corrected chi connectivity index (χ1v) is 7.73. The van der Waals surface area contributed by atoms with Crippen molar-refractivity contribution in [2.75, 3.05) is 26.2 Å². The Kier molecular flexibility index (Phi) is 4.10. The molecule has 6 nitrogen and oxygen atoms in total. The van der Waals surface area contributed by atoms with Crippen LogP contribution in [0.3, 0.4) is 0 Å². The molecular weight excluding hydrogens is 288 g/mol. The van der Waals surface area contributed by atoms with E-state index < -0.39 is 0 Å². The van der Waals surface area contributed by atoms with Crippen molar-refractivity contribution in [1.29, 1.82) is 0 Å². The second-order valence-electron chi connectivity index (χ2n) is 5.84. The lowest BCUT2D eigenvalue weighted by molar-refractivity contribution is 0.102. The molecule has 0 saturated carbocycles. The molecule has 3 rings (SSSR count). The Balaban J connectivity index is 1.72. The van der Waals surface area contributed by atoms with Crippen LogP contribution in [0.25, 0.3) is 11.0 Å². The van der Waals surface area contributed by atoms with Gasteiger partial charge in [0.15, 0.2) is 5.65 Å². The van der Waals surface area contributed by atoms with Crippen molar-refractivity contribution in [3.05, 3.63) is 17.2 Å². The second kappa shape index (κ2) is 5.87. The van der Waals surface area contributed by atoms with E-state index in [9.17, 15) is 0 Å². The van der Waals surface area contributed by atoms with Crippen LogP contribution in [0.4, 0.5) is 0 Å². The maximum Gasteiger partial charge on any atom is 0.162 e. The van der Waals surface area contributed by atoms with Crippen molar-refractivity contribution in [2.45, 2.75) is 26.4 Å². The van der Waals surface area contributed by atoms with Crippen LogP contribution >= 0.6 is 11.6 Å². The van der Waals surface area contributed by atoms with Crippen LogP contribution in [0.5, 0.6) is 0 Å². The molecule has 0 spiro atoms. The van der Waals surface area contributed by atoms with Crippen LogP contribution in [0.2, 0.25) is 5.15 Å². The molecule has 1 saturated heterocycles. The Morgan fingerprint density at radius 1 is 1.19 bits per heavy atom. The molecule has 1 aliphatic rings. The van der Waals surface area contributed by atoms with Crippen molar-refractivity contribution in [2.24, 2.45) is 7.05 Å². The molecular formula is C14H21ClN6. The summed E-state index contributed by atoms with van der Waals surface area (Å²) in [4.78, 5) is 13.9. The van der Waals surface area contributed by atoms with E-state index in [2.05, 4.69) is 38.7 Å². The molecule has 0 aromatic carbocycles. The second-order valence-corrected chi connectivity index (χ2v) is 6.20. The lowest BCUT2D eigenvalue weighted by Crippen LogP contribution is -2.48. The molecule has 1 fully saturated rings. The van der Waals surface area contributed by atoms with E-state index in [1.807, 2.05) is 7.05 Å². The van der Waals surface area contributed by atoms with Crippen molar-refractivity contribution >= 4 is 22.6 Å². The van der Waals surface area contributed by atoms with Crippen LogP contribution in [0.1, 0.15) is 19.7 Å². The number of fused-ring (bicyclic) bond motifs is 1. The summed E-state index contributed by atoms with van der Waals surface area (Å²) in [6.45, 7) is 9.51. The topological polar surface area (TPSA) is 50.1 Å². The van der Waals surface area contributed by atoms with Crippen LogP contribution in [-0.2, 0) is 13.6 Å². The number of rotatable bonds is 3. The summed E-state index contributed by atoms with van der Waals surface area (Å²) in [5.41, 5.74) is 0.797. The number of halogens is 1. The Morgan fingerprint density at radius 2 is 1.90 bits per heavy atom. The zero-order valence-corrected chi connectivity index (χ0v) is 13.5. The summed E-state index contributed by atoms with van der Waals surface area (Å²) < 4.78 is 1.74. The summed E-state index contributed by atoms with van der Waals surface area (Å²) in [6, 6.07) is 0.614. The quantitative estimate of drug-likeness (QED) is 0.805. The molecule has 1 aliphatic heterocycles. The summed E-state index contributed by atoms with van der Waals surface area (Å²) in [5.74, 6) is 0.772. The van der Waals surface area contributed by atoms with Crippen molar-refractivity contribution in [3.8, 4) is 0 Å². The summed E-state index contributed by atoms with van der Waals surface area (Å²) >= 11 is 6.23. The Morgan fingerprint density at radius 3 is 2.57 bits per heavy atom. The first-order chi connectivity index (χ1) is 10.0. The van der Waals surface area contributed by atoms with E-state index in [0.717, 1.165) is 49.6 Å². The zero-order valence-electron chi connectivity index (χ0n) is 12.8. The first kappa shape index (κ1) is 14.7. The van der Waals surface area contributed by atoms with Gasteiger partial charge in [-0.1, -0.05) is 11.6 Å². The van der Waals surface area contributed by atoms with Crippen LogP contribution in [0.15, 0.2) is 6.20 Å². The van der Waals surface area contributed by atoms with Gasteiger partial charge in [-0.25, -0.2) is 9.97 Å². The fraction of sp³-hybridized carbons (Fsp3) is 0.643. The van der Waals surface area contributed by atoms with E-state index in [-0.39, 0.29) is 0 Å². The molecule has 3 heterocycles.